The number of aryl methyl sites for hydroxylation is 2. The van der Waals surface area contributed by atoms with Crippen LogP contribution >= 0.6 is 0 Å². The average molecular weight is 361 g/mol. The van der Waals surface area contributed by atoms with Crippen molar-refractivity contribution in [3.63, 3.8) is 0 Å². The number of nitrogens with one attached hydrogen (secondary N) is 1. The second-order valence-corrected chi connectivity index (χ2v) is 6.20. The lowest BCUT2D eigenvalue weighted by Crippen LogP contribution is -2.15. The van der Waals surface area contributed by atoms with Crippen molar-refractivity contribution in [2.75, 3.05) is 5.32 Å². The van der Waals surface area contributed by atoms with E-state index >= 15 is 0 Å². The molecule has 0 saturated carbocycles. The van der Waals surface area contributed by atoms with Crippen molar-refractivity contribution in [2.45, 2.75) is 13.8 Å². The molecule has 0 spiro atoms. The number of anilines is 1. The van der Waals surface area contributed by atoms with Crippen molar-refractivity contribution < 1.29 is 13.8 Å². The van der Waals surface area contributed by atoms with Gasteiger partial charge in [0.05, 0.1) is 5.39 Å². The number of benzene rings is 2. The number of hydrogen-bond acceptors (Lipinski definition) is 6. The van der Waals surface area contributed by atoms with Gasteiger partial charge in [0.2, 0.25) is 5.82 Å². The Kier molecular flexibility index (Phi) is 4.04. The lowest BCUT2D eigenvalue weighted by molar-refractivity contribution is 0.0996. The molecule has 0 atom stereocenters. The standard InChI is InChI=1S/C20H15N3O4/c1-11-7-8-12(2)14(9-11)18-19(23-27-22-18)21-20(25)17-10-15(24)13-5-3-4-6-16(13)26-17/h3-10H,1-2H3,(H,21,23,25). The van der Waals surface area contributed by atoms with Gasteiger partial charge in [-0.05, 0) is 47.9 Å². The third kappa shape index (κ3) is 3.10. The van der Waals surface area contributed by atoms with E-state index in [-0.39, 0.29) is 17.0 Å². The minimum Gasteiger partial charge on any atom is -0.451 e. The Labute approximate surface area is 153 Å². The van der Waals surface area contributed by atoms with Crippen LogP contribution in [0.3, 0.4) is 0 Å². The molecule has 0 unspecified atom stereocenters. The summed E-state index contributed by atoms with van der Waals surface area (Å²) >= 11 is 0. The highest BCUT2D eigenvalue weighted by Gasteiger charge is 2.19. The third-order valence-electron chi connectivity index (χ3n) is 4.23. The summed E-state index contributed by atoms with van der Waals surface area (Å²) < 4.78 is 10.4. The molecule has 2 heterocycles. The fourth-order valence-corrected chi connectivity index (χ4v) is 2.82. The van der Waals surface area contributed by atoms with Gasteiger partial charge >= 0.3 is 0 Å². The number of aromatic nitrogens is 2. The Morgan fingerprint density at radius 3 is 2.70 bits per heavy atom. The van der Waals surface area contributed by atoms with Gasteiger partial charge in [-0.15, -0.1) is 0 Å². The van der Waals surface area contributed by atoms with E-state index in [0.29, 0.717) is 16.7 Å². The molecule has 7 nitrogen and oxygen atoms in total. The fraction of sp³-hybridized carbons (Fsp3) is 0.100. The number of fused-ring (bicyclic) bond motifs is 1. The molecule has 27 heavy (non-hydrogen) atoms. The van der Waals surface area contributed by atoms with E-state index in [2.05, 4.69) is 15.6 Å². The predicted octanol–water partition coefficient (Wildman–Crippen LogP) is 3.71. The maximum absolute atomic E-state index is 12.6. The molecule has 0 radical (unpaired) electrons. The van der Waals surface area contributed by atoms with Crippen LogP contribution in [0.15, 0.2) is 62.4 Å². The average Bonchev–Trinajstić information content (AvgIpc) is 3.11. The van der Waals surface area contributed by atoms with Crippen LogP contribution in [0.2, 0.25) is 0 Å². The van der Waals surface area contributed by atoms with E-state index in [1.54, 1.807) is 24.3 Å². The van der Waals surface area contributed by atoms with Gasteiger partial charge in [-0.2, -0.15) is 0 Å². The first-order chi connectivity index (χ1) is 13.0. The maximum atomic E-state index is 12.6. The van der Waals surface area contributed by atoms with Crippen molar-refractivity contribution in [3.8, 4) is 11.3 Å². The zero-order valence-electron chi connectivity index (χ0n) is 14.6. The summed E-state index contributed by atoms with van der Waals surface area (Å²) in [6.07, 6.45) is 0. The van der Waals surface area contributed by atoms with Crippen LogP contribution in [0.5, 0.6) is 0 Å². The summed E-state index contributed by atoms with van der Waals surface area (Å²) in [7, 11) is 0. The number of para-hydroxylation sites is 1. The minimum atomic E-state index is -0.611. The smallest absolute Gasteiger partial charge is 0.292 e. The molecule has 2 aromatic heterocycles. The van der Waals surface area contributed by atoms with Crippen LogP contribution in [-0.4, -0.2) is 16.2 Å². The first-order valence-corrected chi connectivity index (χ1v) is 8.27. The van der Waals surface area contributed by atoms with Crippen LogP contribution in [0.4, 0.5) is 5.82 Å². The van der Waals surface area contributed by atoms with E-state index < -0.39 is 5.91 Å². The van der Waals surface area contributed by atoms with E-state index in [0.717, 1.165) is 22.8 Å². The monoisotopic (exact) mass is 361 g/mol. The summed E-state index contributed by atoms with van der Waals surface area (Å²) in [4.78, 5) is 24.8. The zero-order chi connectivity index (χ0) is 19.0. The molecule has 1 N–H and O–H groups in total. The van der Waals surface area contributed by atoms with Gasteiger partial charge in [-0.25, -0.2) is 4.63 Å². The Hall–Kier alpha value is -3.74. The number of rotatable bonds is 3. The summed E-state index contributed by atoms with van der Waals surface area (Å²) in [5.41, 5.74) is 3.25. The van der Waals surface area contributed by atoms with Crippen molar-refractivity contribution in [1.29, 1.82) is 0 Å². The lowest BCUT2D eigenvalue weighted by atomic mass is 10.0. The van der Waals surface area contributed by atoms with Gasteiger partial charge < -0.3 is 4.42 Å². The molecule has 0 saturated heterocycles. The molecule has 0 aliphatic rings. The molecule has 0 bridgehead atoms. The summed E-state index contributed by atoms with van der Waals surface area (Å²) in [5, 5.41) is 10.7. The van der Waals surface area contributed by atoms with Gasteiger partial charge in [0.15, 0.2) is 16.9 Å². The molecule has 4 aromatic rings. The Morgan fingerprint density at radius 2 is 1.85 bits per heavy atom. The van der Waals surface area contributed by atoms with Crippen molar-refractivity contribution in [2.24, 2.45) is 0 Å². The Morgan fingerprint density at radius 1 is 1.04 bits per heavy atom. The Balaban J connectivity index is 1.70. The van der Waals surface area contributed by atoms with E-state index in [4.69, 9.17) is 9.05 Å². The van der Waals surface area contributed by atoms with Crippen molar-refractivity contribution in [1.82, 2.24) is 10.3 Å². The van der Waals surface area contributed by atoms with E-state index in [1.807, 2.05) is 32.0 Å². The first-order valence-electron chi connectivity index (χ1n) is 8.27. The number of hydrogen-bond donors (Lipinski definition) is 1. The van der Waals surface area contributed by atoms with Crippen molar-refractivity contribution >= 4 is 22.7 Å². The highest BCUT2D eigenvalue weighted by Crippen LogP contribution is 2.28. The van der Waals surface area contributed by atoms with Crippen molar-refractivity contribution in [3.05, 3.63) is 75.6 Å². The molecule has 0 aliphatic carbocycles. The van der Waals surface area contributed by atoms with E-state index in [1.165, 1.54) is 0 Å². The highest BCUT2D eigenvalue weighted by atomic mass is 16.6. The number of nitrogens with zero attached hydrogens (tertiary/aromatic N) is 2. The minimum absolute atomic E-state index is 0.117. The van der Waals surface area contributed by atoms with Gasteiger partial charge in [-0.1, -0.05) is 29.8 Å². The second-order valence-electron chi connectivity index (χ2n) is 6.20. The quantitative estimate of drug-likeness (QED) is 0.597. The molecule has 1 amide bonds. The summed E-state index contributed by atoms with van der Waals surface area (Å²) in [6, 6.07) is 13.8. The highest BCUT2D eigenvalue weighted by molar-refractivity contribution is 6.04. The normalized spacial score (nSPS) is 10.9. The van der Waals surface area contributed by atoms with Crippen LogP contribution in [-0.2, 0) is 0 Å². The molecular weight excluding hydrogens is 346 g/mol. The number of carbonyl (C=O) groups is 1. The SMILES string of the molecule is Cc1ccc(C)c(-c2nonc2NC(=O)c2cc(=O)c3ccccc3o2)c1. The van der Waals surface area contributed by atoms with Crippen LogP contribution in [0, 0.1) is 13.8 Å². The molecular formula is C20H15N3O4. The Bertz CT molecular complexity index is 1220. The van der Waals surface area contributed by atoms with Crippen LogP contribution < -0.4 is 10.7 Å². The zero-order valence-corrected chi connectivity index (χ0v) is 14.6. The fourth-order valence-electron chi connectivity index (χ4n) is 2.82. The van der Waals surface area contributed by atoms with E-state index in [9.17, 15) is 9.59 Å². The lowest BCUT2D eigenvalue weighted by Gasteiger charge is -2.06. The topological polar surface area (TPSA) is 98.2 Å². The molecule has 2 aromatic carbocycles. The van der Waals surface area contributed by atoms with Crippen LogP contribution in [0.1, 0.15) is 21.7 Å². The second kappa shape index (κ2) is 6.53. The van der Waals surface area contributed by atoms with Gasteiger partial charge in [0, 0.05) is 11.6 Å². The summed E-state index contributed by atoms with van der Waals surface area (Å²) in [6.45, 7) is 3.88. The number of amides is 1. The molecule has 7 heteroatoms. The molecule has 0 fully saturated rings. The van der Waals surface area contributed by atoms with Gasteiger partial charge in [0.1, 0.15) is 5.58 Å². The molecule has 0 aliphatic heterocycles. The van der Waals surface area contributed by atoms with Gasteiger partial charge in [-0.3, -0.25) is 14.9 Å². The first kappa shape index (κ1) is 16.7. The maximum Gasteiger partial charge on any atom is 0.292 e. The molecule has 134 valence electrons. The number of carbonyl (C=O) groups excluding carboxylic acids is 1. The third-order valence-corrected chi connectivity index (χ3v) is 4.23. The van der Waals surface area contributed by atoms with Gasteiger partial charge in [0.25, 0.3) is 5.91 Å². The molecule has 4 rings (SSSR count). The predicted molar refractivity (Wildman–Crippen MR) is 99.6 cm³/mol. The summed E-state index contributed by atoms with van der Waals surface area (Å²) in [5.74, 6) is -0.571. The van der Waals surface area contributed by atoms with Crippen LogP contribution in [0.25, 0.3) is 22.2 Å². The largest absolute Gasteiger partial charge is 0.451 e.